The van der Waals surface area contributed by atoms with Gasteiger partial charge in [0.15, 0.2) is 0 Å². The molecule has 1 amide bonds. The molecule has 1 aromatic rings. The molecule has 98 valence electrons. The van der Waals surface area contributed by atoms with Crippen molar-refractivity contribution in [3.8, 4) is 0 Å². The van der Waals surface area contributed by atoms with Crippen molar-refractivity contribution < 1.29 is 14.1 Å². The quantitative estimate of drug-likeness (QED) is 0.617. The summed E-state index contributed by atoms with van der Waals surface area (Å²) in [4.78, 5) is 21.7. The minimum Gasteiger partial charge on any atom is -0.330 e. The van der Waals surface area contributed by atoms with E-state index in [2.05, 4.69) is 5.32 Å². The number of nitrogens with zero attached hydrogens (tertiary/aromatic N) is 1. The molecule has 7 heteroatoms. The summed E-state index contributed by atoms with van der Waals surface area (Å²) in [6.07, 6.45) is 0.473. The Morgan fingerprint density at radius 2 is 2.28 bits per heavy atom. The average Bonchev–Trinajstić information content (AvgIpc) is 2.31. The third-order valence-electron chi connectivity index (χ3n) is 2.46. The molecule has 0 saturated carbocycles. The van der Waals surface area contributed by atoms with E-state index in [1.165, 1.54) is 6.07 Å². The molecule has 1 aromatic carbocycles. The molecule has 0 heterocycles. The van der Waals surface area contributed by atoms with Gasteiger partial charge >= 0.3 is 0 Å². The molecule has 0 saturated heterocycles. The molecule has 0 aliphatic carbocycles. The molecule has 1 atom stereocenters. The summed E-state index contributed by atoms with van der Waals surface area (Å²) >= 11 is 0. The second-order valence-electron chi connectivity index (χ2n) is 3.89. The summed E-state index contributed by atoms with van der Waals surface area (Å²) in [5, 5.41) is 13.1. The number of hydrogen-bond donors (Lipinski definition) is 2. The normalized spacial score (nSPS) is 11.9. The molecule has 1 unspecified atom stereocenters. The molecular formula is C11H14FN3O3. The fourth-order valence-electron chi connectivity index (χ4n) is 1.40. The van der Waals surface area contributed by atoms with Gasteiger partial charge in [0.25, 0.3) is 5.69 Å². The predicted molar refractivity (Wildman–Crippen MR) is 64.5 cm³/mol. The van der Waals surface area contributed by atoms with Gasteiger partial charge in [-0.25, -0.2) is 4.39 Å². The van der Waals surface area contributed by atoms with Crippen molar-refractivity contribution in [1.29, 1.82) is 0 Å². The van der Waals surface area contributed by atoms with E-state index < -0.39 is 16.4 Å². The van der Waals surface area contributed by atoms with Gasteiger partial charge in [0.1, 0.15) is 11.5 Å². The number of benzene rings is 1. The van der Waals surface area contributed by atoms with Crippen molar-refractivity contribution in [3.05, 3.63) is 34.1 Å². The van der Waals surface area contributed by atoms with E-state index in [1.807, 2.05) is 0 Å². The Morgan fingerprint density at radius 1 is 1.61 bits per heavy atom. The fraction of sp³-hybridized carbons (Fsp3) is 0.364. The monoisotopic (exact) mass is 255 g/mol. The molecule has 0 bridgehead atoms. The highest BCUT2D eigenvalue weighted by Crippen LogP contribution is 2.25. The first-order chi connectivity index (χ1) is 8.45. The van der Waals surface area contributed by atoms with Crippen LogP contribution in [0.1, 0.15) is 13.3 Å². The van der Waals surface area contributed by atoms with E-state index in [4.69, 9.17) is 5.73 Å². The van der Waals surface area contributed by atoms with Crippen LogP contribution in [0.2, 0.25) is 0 Å². The minimum atomic E-state index is -0.744. The van der Waals surface area contributed by atoms with Gasteiger partial charge in [0.2, 0.25) is 5.91 Å². The number of carbonyl (C=O) groups is 1. The summed E-state index contributed by atoms with van der Waals surface area (Å²) in [6.45, 7) is 2.01. The number of halogens is 1. The Labute approximate surface area is 103 Å². The Kier molecular flexibility index (Phi) is 4.73. The smallest absolute Gasteiger partial charge is 0.295 e. The van der Waals surface area contributed by atoms with Crippen LogP contribution in [0, 0.1) is 21.8 Å². The van der Waals surface area contributed by atoms with Crippen LogP contribution in [0.4, 0.5) is 15.8 Å². The molecule has 0 aromatic heterocycles. The number of carbonyl (C=O) groups excluding carboxylic acids is 1. The number of anilines is 1. The molecule has 1 rings (SSSR count). The van der Waals surface area contributed by atoms with E-state index in [9.17, 15) is 19.3 Å². The van der Waals surface area contributed by atoms with Gasteiger partial charge in [-0.1, -0.05) is 6.92 Å². The standard InChI is InChI=1S/C11H14FN3O3/c1-7(4-5-13)11(16)14-9-3-2-8(12)6-10(9)15(17)18/h2-3,6-7H,4-5,13H2,1H3,(H,14,16). The van der Waals surface area contributed by atoms with Crippen LogP contribution in [-0.2, 0) is 4.79 Å². The van der Waals surface area contributed by atoms with Crippen molar-refractivity contribution in [1.82, 2.24) is 0 Å². The first kappa shape index (κ1) is 14.0. The molecule has 0 fully saturated rings. The summed E-state index contributed by atoms with van der Waals surface area (Å²) in [6, 6.07) is 2.99. The maximum Gasteiger partial charge on any atom is 0.295 e. The van der Waals surface area contributed by atoms with Crippen LogP contribution in [0.15, 0.2) is 18.2 Å². The van der Waals surface area contributed by atoms with Crippen LogP contribution >= 0.6 is 0 Å². The maximum atomic E-state index is 12.9. The molecule has 0 radical (unpaired) electrons. The Balaban J connectivity index is 2.90. The molecule has 18 heavy (non-hydrogen) atoms. The highest BCUT2D eigenvalue weighted by molar-refractivity contribution is 5.94. The van der Waals surface area contributed by atoms with Crippen LogP contribution in [0.5, 0.6) is 0 Å². The summed E-state index contributed by atoms with van der Waals surface area (Å²) in [5.41, 5.74) is 4.83. The third kappa shape index (κ3) is 3.49. The van der Waals surface area contributed by atoms with Gasteiger partial charge in [0.05, 0.1) is 11.0 Å². The number of rotatable bonds is 5. The second-order valence-corrected chi connectivity index (χ2v) is 3.89. The van der Waals surface area contributed by atoms with E-state index in [0.717, 1.165) is 12.1 Å². The highest BCUT2D eigenvalue weighted by atomic mass is 19.1. The number of hydrogen-bond acceptors (Lipinski definition) is 4. The summed E-state index contributed by atoms with van der Waals surface area (Å²) < 4.78 is 12.9. The predicted octanol–water partition coefficient (Wildman–Crippen LogP) is 1.66. The van der Waals surface area contributed by atoms with Crippen LogP contribution in [0.25, 0.3) is 0 Å². The van der Waals surface area contributed by atoms with Crippen molar-refractivity contribution in [2.24, 2.45) is 11.7 Å². The molecular weight excluding hydrogens is 241 g/mol. The van der Waals surface area contributed by atoms with Crippen LogP contribution < -0.4 is 11.1 Å². The molecule has 0 aliphatic heterocycles. The number of nitro benzene ring substituents is 1. The zero-order valence-corrected chi connectivity index (χ0v) is 9.85. The first-order valence-electron chi connectivity index (χ1n) is 5.40. The minimum absolute atomic E-state index is 0.0183. The number of amides is 1. The van der Waals surface area contributed by atoms with E-state index in [0.29, 0.717) is 13.0 Å². The highest BCUT2D eigenvalue weighted by Gasteiger charge is 2.19. The Morgan fingerprint density at radius 3 is 2.83 bits per heavy atom. The lowest BCUT2D eigenvalue weighted by molar-refractivity contribution is -0.384. The van der Waals surface area contributed by atoms with E-state index in [-0.39, 0.29) is 17.5 Å². The van der Waals surface area contributed by atoms with Gasteiger partial charge in [-0.3, -0.25) is 14.9 Å². The van der Waals surface area contributed by atoms with Crippen molar-refractivity contribution in [3.63, 3.8) is 0 Å². The Hall–Kier alpha value is -2.02. The zero-order valence-electron chi connectivity index (χ0n) is 9.85. The summed E-state index contributed by atoms with van der Waals surface area (Å²) in [7, 11) is 0. The number of nitrogens with two attached hydrogens (primary N) is 1. The van der Waals surface area contributed by atoms with Gasteiger partial charge in [-0.15, -0.1) is 0 Å². The number of nitro groups is 1. The van der Waals surface area contributed by atoms with E-state index in [1.54, 1.807) is 6.92 Å². The third-order valence-corrected chi connectivity index (χ3v) is 2.46. The lowest BCUT2D eigenvalue weighted by Gasteiger charge is -2.11. The number of nitrogens with one attached hydrogen (secondary N) is 1. The van der Waals surface area contributed by atoms with Gasteiger partial charge < -0.3 is 11.1 Å². The second kappa shape index (κ2) is 6.06. The first-order valence-corrected chi connectivity index (χ1v) is 5.40. The van der Waals surface area contributed by atoms with Crippen molar-refractivity contribution in [2.75, 3.05) is 11.9 Å². The molecule has 0 spiro atoms. The molecule has 3 N–H and O–H groups in total. The van der Waals surface area contributed by atoms with Crippen LogP contribution in [0.3, 0.4) is 0 Å². The SMILES string of the molecule is CC(CCN)C(=O)Nc1ccc(F)cc1[N+](=O)[O-]. The lowest BCUT2D eigenvalue weighted by atomic mass is 10.1. The maximum absolute atomic E-state index is 12.9. The largest absolute Gasteiger partial charge is 0.330 e. The Bertz CT molecular complexity index is 465. The average molecular weight is 255 g/mol. The van der Waals surface area contributed by atoms with Gasteiger partial charge in [-0.2, -0.15) is 0 Å². The van der Waals surface area contributed by atoms with E-state index >= 15 is 0 Å². The van der Waals surface area contributed by atoms with Crippen molar-refractivity contribution >= 4 is 17.3 Å². The molecule has 0 aliphatic rings. The van der Waals surface area contributed by atoms with Gasteiger partial charge in [-0.05, 0) is 25.1 Å². The lowest BCUT2D eigenvalue weighted by Crippen LogP contribution is -2.23. The van der Waals surface area contributed by atoms with Crippen LogP contribution in [-0.4, -0.2) is 17.4 Å². The van der Waals surface area contributed by atoms with Gasteiger partial charge in [0, 0.05) is 5.92 Å². The summed E-state index contributed by atoms with van der Waals surface area (Å²) in [5.74, 6) is -1.47. The van der Waals surface area contributed by atoms with Crippen molar-refractivity contribution in [2.45, 2.75) is 13.3 Å². The fourth-order valence-corrected chi connectivity index (χ4v) is 1.40. The molecule has 6 nitrogen and oxygen atoms in total. The zero-order chi connectivity index (χ0) is 13.7. The topological polar surface area (TPSA) is 98.3 Å².